The van der Waals surface area contributed by atoms with Crippen LogP contribution in [-0.4, -0.2) is 59.9 Å². The van der Waals surface area contributed by atoms with Crippen LogP contribution in [0.1, 0.15) is 25.7 Å². The van der Waals surface area contributed by atoms with Crippen LogP contribution in [0.4, 0.5) is 0 Å². The molecule has 3 N–H and O–H groups in total. The first-order chi connectivity index (χ1) is 7.77. The fraction of sp³-hybridized carbons (Fsp3) is 0.909. The zero-order chi connectivity index (χ0) is 11.8. The predicted molar refractivity (Wildman–Crippen MR) is 61.0 cm³/mol. The smallest absolute Gasteiger partial charge is 0.224 e. The summed E-state index contributed by atoms with van der Waals surface area (Å²) in [5.74, 6) is 0.0162. The lowest BCUT2D eigenvalue weighted by molar-refractivity contribution is -0.132. The first kappa shape index (κ1) is 13.4. The van der Waals surface area contributed by atoms with Crippen molar-refractivity contribution in [3.05, 3.63) is 0 Å². The monoisotopic (exact) mass is 230 g/mol. The van der Waals surface area contributed by atoms with E-state index in [2.05, 4.69) is 5.32 Å². The topological polar surface area (TPSA) is 72.8 Å². The van der Waals surface area contributed by atoms with Crippen LogP contribution in [-0.2, 0) is 4.79 Å². The standard InChI is InChI=1S/C11H22N2O3/c14-7-5-13(6-8-15)11(16)9-10-3-1-2-4-12-10/h10,12,14-15H,1-9H2. The average molecular weight is 230 g/mol. The van der Waals surface area contributed by atoms with E-state index in [9.17, 15) is 4.79 Å². The third-order valence-electron chi connectivity index (χ3n) is 2.93. The molecule has 1 unspecified atom stereocenters. The number of carbonyl (C=O) groups excluding carboxylic acids is 1. The summed E-state index contributed by atoms with van der Waals surface area (Å²) in [6.07, 6.45) is 3.87. The molecule has 0 aromatic heterocycles. The number of carbonyl (C=O) groups is 1. The van der Waals surface area contributed by atoms with E-state index in [0.717, 1.165) is 13.0 Å². The highest BCUT2D eigenvalue weighted by molar-refractivity contribution is 5.76. The summed E-state index contributed by atoms with van der Waals surface area (Å²) in [5.41, 5.74) is 0. The van der Waals surface area contributed by atoms with Crippen molar-refractivity contribution in [2.45, 2.75) is 31.7 Å². The molecule has 5 nitrogen and oxygen atoms in total. The molecule has 1 atom stereocenters. The molecule has 1 rings (SSSR count). The summed E-state index contributed by atoms with van der Waals surface area (Å²) in [7, 11) is 0. The molecule has 0 spiro atoms. The Kier molecular flexibility index (Phi) is 6.37. The van der Waals surface area contributed by atoms with Gasteiger partial charge in [0.2, 0.25) is 5.91 Å². The molecule has 0 radical (unpaired) electrons. The molecular weight excluding hydrogens is 208 g/mol. The Hall–Kier alpha value is -0.650. The summed E-state index contributed by atoms with van der Waals surface area (Å²) >= 11 is 0. The van der Waals surface area contributed by atoms with Crippen LogP contribution in [0, 0.1) is 0 Å². The number of hydrogen-bond acceptors (Lipinski definition) is 4. The normalized spacial score (nSPS) is 20.8. The van der Waals surface area contributed by atoms with Crippen LogP contribution in [0.3, 0.4) is 0 Å². The maximum atomic E-state index is 11.9. The van der Waals surface area contributed by atoms with Crippen LogP contribution in [0.2, 0.25) is 0 Å². The Balaban J connectivity index is 2.34. The molecule has 0 aromatic rings. The Morgan fingerprint density at radius 1 is 1.25 bits per heavy atom. The molecule has 0 saturated carbocycles. The quantitative estimate of drug-likeness (QED) is 0.566. The Morgan fingerprint density at radius 2 is 1.94 bits per heavy atom. The highest BCUT2D eigenvalue weighted by Gasteiger charge is 2.19. The van der Waals surface area contributed by atoms with E-state index in [1.54, 1.807) is 0 Å². The highest BCUT2D eigenvalue weighted by Crippen LogP contribution is 2.11. The van der Waals surface area contributed by atoms with Gasteiger partial charge in [-0.15, -0.1) is 0 Å². The van der Waals surface area contributed by atoms with Crippen LogP contribution in [0.25, 0.3) is 0 Å². The maximum absolute atomic E-state index is 11.9. The van der Waals surface area contributed by atoms with Crippen molar-refractivity contribution in [2.24, 2.45) is 0 Å². The zero-order valence-electron chi connectivity index (χ0n) is 9.69. The van der Waals surface area contributed by atoms with Gasteiger partial charge in [0.15, 0.2) is 0 Å². The van der Waals surface area contributed by atoms with E-state index >= 15 is 0 Å². The number of piperidine rings is 1. The second kappa shape index (κ2) is 7.60. The lowest BCUT2D eigenvalue weighted by Crippen LogP contribution is -2.42. The molecule has 1 aliphatic rings. The van der Waals surface area contributed by atoms with Gasteiger partial charge in [-0.25, -0.2) is 0 Å². The Labute approximate surface area is 96.4 Å². The van der Waals surface area contributed by atoms with Crippen molar-refractivity contribution in [1.82, 2.24) is 10.2 Å². The van der Waals surface area contributed by atoms with Gasteiger partial charge < -0.3 is 20.4 Å². The minimum absolute atomic E-state index is 0.0162. The summed E-state index contributed by atoms with van der Waals surface area (Å²) < 4.78 is 0. The first-order valence-corrected chi connectivity index (χ1v) is 6.00. The van der Waals surface area contributed by atoms with E-state index in [4.69, 9.17) is 10.2 Å². The molecule has 1 fully saturated rings. The molecule has 0 aromatic carbocycles. The third kappa shape index (κ3) is 4.47. The second-order valence-electron chi connectivity index (χ2n) is 4.18. The van der Waals surface area contributed by atoms with Crippen molar-refractivity contribution < 1.29 is 15.0 Å². The Bertz CT molecular complexity index is 199. The summed E-state index contributed by atoms with van der Waals surface area (Å²) in [4.78, 5) is 13.4. The van der Waals surface area contributed by atoms with Gasteiger partial charge in [0.05, 0.1) is 13.2 Å². The SMILES string of the molecule is O=C(CC1CCCCN1)N(CCO)CCO. The average Bonchev–Trinajstić information content (AvgIpc) is 2.30. The van der Waals surface area contributed by atoms with Crippen LogP contribution >= 0.6 is 0 Å². The van der Waals surface area contributed by atoms with Crippen LogP contribution in [0.15, 0.2) is 0 Å². The van der Waals surface area contributed by atoms with Gasteiger partial charge in [0, 0.05) is 25.6 Å². The summed E-state index contributed by atoms with van der Waals surface area (Å²) in [6, 6.07) is 0.265. The van der Waals surface area contributed by atoms with E-state index in [-0.39, 0.29) is 25.2 Å². The van der Waals surface area contributed by atoms with Gasteiger partial charge in [-0.05, 0) is 19.4 Å². The van der Waals surface area contributed by atoms with Crippen molar-refractivity contribution >= 4 is 5.91 Å². The van der Waals surface area contributed by atoms with Gasteiger partial charge in [-0.3, -0.25) is 4.79 Å². The lowest BCUT2D eigenvalue weighted by Gasteiger charge is -2.27. The number of amides is 1. The molecule has 1 amide bonds. The minimum Gasteiger partial charge on any atom is -0.395 e. The first-order valence-electron chi connectivity index (χ1n) is 6.00. The van der Waals surface area contributed by atoms with Gasteiger partial charge in [-0.2, -0.15) is 0 Å². The highest BCUT2D eigenvalue weighted by atomic mass is 16.3. The Morgan fingerprint density at radius 3 is 2.44 bits per heavy atom. The molecule has 0 bridgehead atoms. The van der Waals surface area contributed by atoms with E-state index in [1.165, 1.54) is 17.7 Å². The van der Waals surface area contributed by atoms with Gasteiger partial charge in [0.1, 0.15) is 0 Å². The molecule has 1 saturated heterocycles. The maximum Gasteiger partial charge on any atom is 0.224 e. The molecule has 0 aliphatic carbocycles. The number of nitrogens with one attached hydrogen (secondary N) is 1. The van der Waals surface area contributed by atoms with E-state index in [0.29, 0.717) is 19.5 Å². The molecule has 1 aliphatic heterocycles. The lowest BCUT2D eigenvalue weighted by atomic mass is 10.0. The second-order valence-corrected chi connectivity index (χ2v) is 4.18. The summed E-state index contributed by atoms with van der Waals surface area (Å²) in [5, 5.41) is 21.0. The van der Waals surface area contributed by atoms with Crippen molar-refractivity contribution in [3.8, 4) is 0 Å². The van der Waals surface area contributed by atoms with Gasteiger partial charge in [0.25, 0.3) is 0 Å². The largest absolute Gasteiger partial charge is 0.395 e. The molecule has 94 valence electrons. The number of nitrogens with zero attached hydrogens (tertiary/aromatic N) is 1. The fourth-order valence-corrected chi connectivity index (χ4v) is 2.04. The van der Waals surface area contributed by atoms with E-state index < -0.39 is 0 Å². The number of aliphatic hydroxyl groups excluding tert-OH is 2. The molecular formula is C11H22N2O3. The number of aliphatic hydroxyl groups is 2. The molecule has 1 heterocycles. The molecule has 16 heavy (non-hydrogen) atoms. The van der Waals surface area contributed by atoms with Crippen LogP contribution in [0.5, 0.6) is 0 Å². The van der Waals surface area contributed by atoms with Crippen LogP contribution < -0.4 is 5.32 Å². The number of hydrogen-bond donors (Lipinski definition) is 3. The van der Waals surface area contributed by atoms with Crippen molar-refractivity contribution in [2.75, 3.05) is 32.8 Å². The van der Waals surface area contributed by atoms with E-state index in [1.807, 2.05) is 0 Å². The van der Waals surface area contributed by atoms with Crippen molar-refractivity contribution in [3.63, 3.8) is 0 Å². The number of rotatable bonds is 6. The van der Waals surface area contributed by atoms with Gasteiger partial charge in [-0.1, -0.05) is 6.42 Å². The minimum atomic E-state index is -0.0518. The predicted octanol–water partition coefficient (Wildman–Crippen LogP) is -0.668. The third-order valence-corrected chi connectivity index (χ3v) is 2.93. The summed E-state index contributed by atoms with van der Waals surface area (Å²) in [6.45, 7) is 1.50. The van der Waals surface area contributed by atoms with Gasteiger partial charge >= 0.3 is 0 Å². The molecule has 5 heteroatoms. The van der Waals surface area contributed by atoms with Crippen molar-refractivity contribution in [1.29, 1.82) is 0 Å². The zero-order valence-corrected chi connectivity index (χ0v) is 9.69. The fourth-order valence-electron chi connectivity index (χ4n) is 2.04.